The van der Waals surface area contributed by atoms with Crippen LogP contribution >= 0.6 is 11.8 Å². The molecule has 1 N–H and O–H groups in total. The number of nitrogens with one attached hydrogen (secondary N) is 1. The Labute approximate surface area is 120 Å². The van der Waals surface area contributed by atoms with Gasteiger partial charge in [-0.15, -0.1) is 0 Å². The van der Waals surface area contributed by atoms with Crippen LogP contribution in [-0.2, 0) is 9.53 Å². The average molecular weight is 283 g/mol. The van der Waals surface area contributed by atoms with E-state index >= 15 is 0 Å². The number of ether oxygens (including phenoxy) is 1. The second-order valence-corrected chi connectivity index (χ2v) is 7.52. The van der Waals surface area contributed by atoms with Crippen molar-refractivity contribution in [2.75, 3.05) is 24.7 Å². The highest BCUT2D eigenvalue weighted by atomic mass is 32.2. The molecule has 0 aliphatic carbocycles. The van der Waals surface area contributed by atoms with Gasteiger partial charge in [-0.3, -0.25) is 4.79 Å². The molecule has 3 aliphatic rings. The summed E-state index contributed by atoms with van der Waals surface area (Å²) < 4.78 is 6.08. The van der Waals surface area contributed by atoms with E-state index in [1.54, 1.807) is 0 Å². The fourth-order valence-corrected chi connectivity index (χ4v) is 4.97. The van der Waals surface area contributed by atoms with E-state index in [-0.39, 0.29) is 11.5 Å². The van der Waals surface area contributed by atoms with Crippen LogP contribution in [0.15, 0.2) is 0 Å². The Morgan fingerprint density at radius 1 is 1.32 bits per heavy atom. The van der Waals surface area contributed by atoms with Gasteiger partial charge in [0.15, 0.2) is 0 Å². The highest BCUT2D eigenvalue weighted by Gasteiger charge is 2.41. The predicted molar refractivity (Wildman–Crippen MR) is 78.6 cm³/mol. The minimum atomic E-state index is 0.0485. The number of hydrogen-bond donors (Lipinski definition) is 1. The van der Waals surface area contributed by atoms with Gasteiger partial charge in [0.1, 0.15) is 5.78 Å². The van der Waals surface area contributed by atoms with Crippen molar-refractivity contribution in [3.05, 3.63) is 0 Å². The maximum Gasteiger partial charge on any atom is 0.137 e. The van der Waals surface area contributed by atoms with Crippen molar-refractivity contribution in [3.8, 4) is 0 Å². The monoisotopic (exact) mass is 283 g/mol. The molecule has 3 saturated heterocycles. The predicted octanol–water partition coefficient (Wildman–Crippen LogP) is 2.39. The third kappa shape index (κ3) is 3.34. The van der Waals surface area contributed by atoms with E-state index in [1.165, 1.54) is 24.3 Å². The van der Waals surface area contributed by atoms with Crippen molar-refractivity contribution in [1.29, 1.82) is 0 Å². The van der Waals surface area contributed by atoms with Crippen LogP contribution in [0.3, 0.4) is 0 Å². The number of carbonyl (C=O) groups excluding carboxylic acids is 1. The number of thioether (sulfide) groups is 1. The van der Waals surface area contributed by atoms with E-state index in [0.717, 1.165) is 45.3 Å². The largest absolute Gasteiger partial charge is 0.375 e. The van der Waals surface area contributed by atoms with E-state index < -0.39 is 0 Å². The van der Waals surface area contributed by atoms with E-state index in [0.29, 0.717) is 11.8 Å². The molecular weight excluding hydrogens is 258 g/mol. The van der Waals surface area contributed by atoms with Crippen LogP contribution in [0.1, 0.15) is 44.9 Å². The molecule has 0 aromatic rings. The Kier molecular flexibility index (Phi) is 4.50. The lowest BCUT2D eigenvalue weighted by molar-refractivity contribution is -0.138. The molecule has 2 unspecified atom stereocenters. The van der Waals surface area contributed by atoms with Crippen LogP contribution in [0.4, 0.5) is 0 Å². The standard InChI is InChI=1S/C15H25NO2S/c17-14(10-13-2-1-6-16-13)12-3-7-18-15(11-12)4-8-19-9-5-15/h12-13,16H,1-11H2. The SMILES string of the molecule is O=C(CC1CCCN1)C1CCOC2(CCSCC2)C1. The van der Waals surface area contributed by atoms with Gasteiger partial charge in [-0.1, -0.05) is 0 Å². The number of carbonyl (C=O) groups is 1. The Morgan fingerprint density at radius 3 is 2.89 bits per heavy atom. The van der Waals surface area contributed by atoms with Gasteiger partial charge >= 0.3 is 0 Å². The molecule has 0 amide bonds. The van der Waals surface area contributed by atoms with Gasteiger partial charge < -0.3 is 10.1 Å². The summed E-state index contributed by atoms with van der Waals surface area (Å²) in [5.74, 6) is 3.15. The summed E-state index contributed by atoms with van der Waals surface area (Å²) in [7, 11) is 0. The minimum Gasteiger partial charge on any atom is -0.375 e. The zero-order valence-electron chi connectivity index (χ0n) is 11.7. The summed E-state index contributed by atoms with van der Waals surface area (Å²) in [4.78, 5) is 12.5. The van der Waals surface area contributed by atoms with Crippen molar-refractivity contribution < 1.29 is 9.53 Å². The zero-order chi connectivity index (χ0) is 13.1. The molecule has 3 rings (SSSR count). The second kappa shape index (κ2) is 6.15. The topological polar surface area (TPSA) is 38.3 Å². The van der Waals surface area contributed by atoms with Gasteiger partial charge in [-0.05, 0) is 56.6 Å². The van der Waals surface area contributed by atoms with Crippen LogP contribution in [-0.4, -0.2) is 42.1 Å². The maximum atomic E-state index is 12.5. The Hall–Kier alpha value is -0.0600. The third-order valence-corrected chi connectivity index (χ3v) is 5.95. The Bertz CT molecular complexity index is 317. The maximum absolute atomic E-state index is 12.5. The summed E-state index contributed by atoms with van der Waals surface area (Å²) in [6.45, 7) is 1.88. The molecule has 0 radical (unpaired) electrons. The van der Waals surface area contributed by atoms with Gasteiger partial charge in [-0.2, -0.15) is 11.8 Å². The first-order valence-electron chi connectivity index (χ1n) is 7.75. The molecule has 3 nitrogen and oxygen atoms in total. The van der Waals surface area contributed by atoms with E-state index in [2.05, 4.69) is 5.32 Å². The summed E-state index contributed by atoms with van der Waals surface area (Å²) in [6.07, 6.45) is 7.37. The van der Waals surface area contributed by atoms with Crippen LogP contribution in [0.5, 0.6) is 0 Å². The van der Waals surface area contributed by atoms with Crippen molar-refractivity contribution in [2.24, 2.45) is 5.92 Å². The molecule has 0 saturated carbocycles. The molecule has 0 aromatic heterocycles. The molecule has 3 aliphatic heterocycles. The fraction of sp³-hybridized carbons (Fsp3) is 0.933. The quantitative estimate of drug-likeness (QED) is 0.863. The molecule has 4 heteroatoms. The Morgan fingerprint density at radius 2 is 2.16 bits per heavy atom. The molecule has 108 valence electrons. The first kappa shape index (κ1) is 13.9. The van der Waals surface area contributed by atoms with Gasteiger partial charge in [0.2, 0.25) is 0 Å². The van der Waals surface area contributed by atoms with E-state index in [9.17, 15) is 4.79 Å². The number of hydrogen-bond acceptors (Lipinski definition) is 4. The van der Waals surface area contributed by atoms with Gasteiger partial charge in [-0.25, -0.2) is 0 Å². The molecule has 2 atom stereocenters. The molecule has 19 heavy (non-hydrogen) atoms. The van der Waals surface area contributed by atoms with Crippen molar-refractivity contribution >= 4 is 17.5 Å². The lowest BCUT2D eigenvalue weighted by Gasteiger charge is -2.43. The van der Waals surface area contributed by atoms with Crippen LogP contribution in [0.2, 0.25) is 0 Å². The molecule has 0 aromatic carbocycles. The summed E-state index contributed by atoms with van der Waals surface area (Å²) in [5, 5.41) is 3.44. The lowest BCUT2D eigenvalue weighted by atomic mass is 9.79. The van der Waals surface area contributed by atoms with E-state index in [1.807, 2.05) is 11.8 Å². The fourth-order valence-electron chi connectivity index (χ4n) is 3.73. The van der Waals surface area contributed by atoms with Crippen LogP contribution < -0.4 is 5.32 Å². The highest BCUT2D eigenvalue weighted by molar-refractivity contribution is 7.99. The van der Waals surface area contributed by atoms with Gasteiger partial charge in [0, 0.05) is 25.0 Å². The second-order valence-electron chi connectivity index (χ2n) is 6.30. The number of ketones is 1. The first-order chi connectivity index (χ1) is 9.27. The van der Waals surface area contributed by atoms with Gasteiger partial charge in [0.05, 0.1) is 5.60 Å². The van der Waals surface area contributed by atoms with Crippen molar-refractivity contribution in [2.45, 2.75) is 56.6 Å². The lowest BCUT2D eigenvalue weighted by Crippen LogP contribution is -2.45. The molecule has 1 spiro atoms. The summed E-state index contributed by atoms with van der Waals surface area (Å²) in [5.41, 5.74) is 0.0485. The Balaban J connectivity index is 1.56. The highest BCUT2D eigenvalue weighted by Crippen LogP contribution is 2.40. The normalized spacial score (nSPS) is 34.5. The van der Waals surface area contributed by atoms with Crippen LogP contribution in [0.25, 0.3) is 0 Å². The average Bonchev–Trinajstić information content (AvgIpc) is 2.92. The molecule has 3 fully saturated rings. The van der Waals surface area contributed by atoms with Crippen molar-refractivity contribution in [1.82, 2.24) is 5.32 Å². The first-order valence-corrected chi connectivity index (χ1v) is 8.91. The number of Topliss-reactive ketones (excluding diaryl/α,β-unsaturated/α-hetero) is 1. The summed E-state index contributed by atoms with van der Waals surface area (Å²) in [6, 6.07) is 0.452. The van der Waals surface area contributed by atoms with Crippen LogP contribution in [0, 0.1) is 5.92 Å². The number of rotatable bonds is 3. The molecule has 3 heterocycles. The van der Waals surface area contributed by atoms with E-state index in [4.69, 9.17) is 4.74 Å². The third-order valence-electron chi connectivity index (χ3n) is 4.96. The molecule has 0 bridgehead atoms. The molecular formula is C15H25NO2S. The van der Waals surface area contributed by atoms with Gasteiger partial charge in [0.25, 0.3) is 0 Å². The smallest absolute Gasteiger partial charge is 0.137 e. The minimum absolute atomic E-state index is 0.0485. The summed E-state index contributed by atoms with van der Waals surface area (Å²) >= 11 is 2.02. The van der Waals surface area contributed by atoms with Crippen molar-refractivity contribution in [3.63, 3.8) is 0 Å². The zero-order valence-corrected chi connectivity index (χ0v) is 12.5.